The Hall–Kier alpha value is -0.610. The van der Waals surface area contributed by atoms with Crippen LogP contribution in [0.15, 0.2) is 0 Å². The summed E-state index contributed by atoms with van der Waals surface area (Å²) in [6, 6.07) is -0.468. The van der Waals surface area contributed by atoms with E-state index in [9.17, 15) is 4.79 Å². The zero-order valence-corrected chi connectivity index (χ0v) is 9.50. The van der Waals surface area contributed by atoms with Crippen LogP contribution in [0, 0.1) is 11.3 Å². The smallest absolute Gasteiger partial charge is 0.237 e. The fraction of sp³-hybridized carbons (Fsp3) is 0.900. The second-order valence-electron chi connectivity index (χ2n) is 4.81. The van der Waals surface area contributed by atoms with Crippen LogP contribution >= 0.6 is 0 Å². The molecule has 0 aliphatic carbocycles. The van der Waals surface area contributed by atoms with Gasteiger partial charge in [-0.1, -0.05) is 27.7 Å². The van der Waals surface area contributed by atoms with E-state index in [1.54, 1.807) is 0 Å². The Morgan fingerprint density at radius 3 is 2.36 bits per heavy atom. The van der Waals surface area contributed by atoms with Crippen molar-refractivity contribution in [1.29, 1.82) is 0 Å². The molecule has 0 aromatic rings. The fourth-order valence-electron chi connectivity index (χ4n) is 0.803. The first-order valence-electron chi connectivity index (χ1n) is 4.94. The van der Waals surface area contributed by atoms with Crippen LogP contribution in [-0.4, -0.2) is 30.2 Å². The number of amides is 1. The van der Waals surface area contributed by atoms with E-state index in [2.05, 4.69) is 5.32 Å². The van der Waals surface area contributed by atoms with E-state index in [0.717, 1.165) is 0 Å². The maximum Gasteiger partial charge on any atom is 0.237 e. The Morgan fingerprint density at radius 1 is 1.50 bits per heavy atom. The highest BCUT2D eigenvalue weighted by Gasteiger charge is 2.21. The highest BCUT2D eigenvalue weighted by atomic mass is 16.3. The minimum atomic E-state index is -0.468. The van der Waals surface area contributed by atoms with Crippen LogP contribution in [0.4, 0.5) is 0 Å². The van der Waals surface area contributed by atoms with Gasteiger partial charge in [0.15, 0.2) is 0 Å². The van der Waals surface area contributed by atoms with Crippen molar-refractivity contribution in [3.8, 4) is 0 Å². The van der Waals surface area contributed by atoms with Gasteiger partial charge in [-0.05, 0) is 5.92 Å². The van der Waals surface area contributed by atoms with Crippen LogP contribution in [0.25, 0.3) is 0 Å². The van der Waals surface area contributed by atoms with Crippen molar-refractivity contribution >= 4 is 5.91 Å². The summed E-state index contributed by atoms with van der Waals surface area (Å²) in [5.74, 6) is -0.0197. The average molecular weight is 202 g/mol. The lowest BCUT2D eigenvalue weighted by Crippen LogP contribution is -2.47. The minimum Gasteiger partial charge on any atom is -0.396 e. The van der Waals surface area contributed by atoms with Crippen LogP contribution in [0.5, 0.6) is 0 Å². The van der Waals surface area contributed by atoms with Crippen molar-refractivity contribution in [3.63, 3.8) is 0 Å². The SMILES string of the molecule is CC(C)[C@@H](N)C(=O)NCC(C)(C)CO. The molecule has 0 rings (SSSR count). The summed E-state index contributed by atoms with van der Waals surface area (Å²) in [5, 5.41) is 11.7. The normalized spacial score (nSPS) is 14.2. The Bertz CT molecular complexity index is 191. The summed E-state index contributed by atoms with van der Waals surface area (Å²) in [5.41, 5.74) is 5.37. The molecule has 4 N–H and O–H groups in total. The predicted molar refractivity (Wildman–Crippen MR) is 56.7 cm³/mol. The van der Waals surface area contributed by atoms with Crippen molar-refractivity contribution < 1.29 is 9.90 Å². The minimum absolute atomic E-state index is 0.0458. The molecule has 1 amide bonds. The molecule has 0 aromatic heterocycles. The van der Waals surface area contributed by atoms with Gasteiger partial charge in [0.1, 0.15) is 0 Å². The summed E-state index contributed by atoms with van der Waals surface area (Å²) >= 11 is 0. The molecule has 0 aliphatic rings. The molecule has 84 valence electrons. The van der Waals surface area contributed by atoms with Crippen LogP contribution in [0.2, 0.25) is 0 Å². The molecule has 4 nitrogen and oxygen atoms in total. The first-order valence-corrected chi connectivity index (χ1v) is 4.94. The average Bonchev–Trinajstić information content (AvgIpc) is 2.13. The molecule has 0 bridgehead atoms. The molecule has 1 atom stereocenters. The van der Waals surface area contributed by atoms with Gasteiger partial charge in [-0.15, -0.1) is 0 Å². The van der Waals surface area contributed by atoms with E-state index >= 15 is 0 Å². The Labute approximate surface area is 85.9 Å². The van der Waals surface area contributed by atoms with Gasteiger partial charge in [0.25, 0.3) is 0 Å². The summed E-state index contributed by atoms with van der Waals surface area (Å²) in [7, 11) is 0. The Kier molecular flexibility index (Phi) is 5.08. The van der Waals surface area contributed by atoms with Gasteiger partial charge in [0.2, 0.25) is 5.91 Å². The quantitative estimate of drug-likeness (QED) is 0.592. The summed E-state index contributed by atoms with van der Waals surface area (Å²) < 4.78 is 0. The highest BCUT2D eigenvalue weighted by molar-refractivity contribution is 5.81. The number of nitrogens with one attached hydrogen (secondary N) is 1. The number of aliphatic hydroxyl groups excluding tert-OH is 1. The van der Waals surface area contributed by atoms with Crippen molar-refractivity contribution in [2.24, 2.45) is 17.1 Å². The van der Waals surface area contributed by atoms with E-state index < -0.39 is 6.04 Å². The molecule has 0 heterocycles. The number of rotatable bonds is 5. The van der Waals surface area contributed by atoms with Crippen LogP contribution < -0.4 is 11.1 Å². The molecule has 14 heavy (non-hydrogen) atoms. The number of carbonyl (C=O) groups excluding carboxylic acids is 1. The molecule has 4 heteroatoms. The predicted octanol–water partition coefficient (Wildman–Crippen LogP) is 0.104. The largest absolute Gasteiger partial charge is 0.396 e. The third-order valence-corrected chi connectivity index (χ3v) is 2.19. The van der Waals surface area contributed by atoms with Gasteiger partial charge < -0.3 is 16.2 Å². The second kappa shape index (κ2) is 5.32. The standard InChI is InChI=1S/C10H22N2O2/c1-7(2)8(11)9(14)12-5-10(3,4)6-13/h7-8,13H,5-6,11H2,1-4H3,(H,12,14)/t8-/m1/s1. The molecule has 0 saturated heterocycles. The monoisotopic (exact) mass is 202 g/mol. The molecule has 0 spiro atoms. The van der Waals surface area contributed by atoms with Gasteiger partial charge in [-0.2, -0.15) is 0 Å². The molecule has 0 aliphatic heterocycles. The van der Waals surface area contributed by atoms with Crippen molar-refractivity contribution in [1.82, 2.24) is 5.32 Å². The van der Waals surface area contributed by atoms with Crippen molar-refractivity contribution in [3.05, 3.63) is 0 Å². The van der Waals surface area contributed by atoms with Crippen LogP contribution in [0.1, 0.15) is 27.7 Å². The first-order chi connectivity index (χ1) is 6.30. The fourth-order valence-corrected chi connectivity index (χ4v) is 0.803. The summed E-state index contributed by atoms with van der Waals surface area (Å²) in [6.45, 7) is 8.07. The van der Waals surface area contributed by atoms with Crippen molar-refractivity contribution in [2.45, 2.75) is 33.7 Å². The summed E-state index contributed by atoms with van der Waals surface area (Å²) in [4.78, 5) is 11.4. The van der Waals surface area contributed by atoms with Gasteiger partial charge >= 0.3 is 0 Å². The maximum absolute atomic E-state index is 11.4. The third-order valence-electron chi connectivity index (χ3n) is 2.19. The summed E-state index contributed by atoms with van der Waals surface area (Å²) in [6.07, 6.45) is 0. The zero-order valence-electron chi connectivity index (χ0n) is 9.50. The maximum atomic E-state index is 11.4. The number of aliphatic hydroxyl groups is 1. The molecule has 0 fully saturated rings. The van der Waals surface area contributed by atoms with Gasteiger partial charge in [-0.3, -0.25) is 4.79 Å². The number of hydrogen-bond donors (Lipinski definition) is 3. The van der Waals surface area contributed by atoms with E-state index in [-0.39, 0.29) is 23.8 Å². The lowest BCUT2D eigenvalue weighted by Gasteiger charge is -2.23. The molecule has 0 radical (unpaired) electrons. The van der Waals surface area contributed by atoms with Gasteiger partial charge in [-0.25, -0.2) is 0 Å². The number of nitrogens with two attached hydrogens (primary N) is 1. The molecular formula is C10H22N2O2. The first kappa shape index (κ1) is 13.4. The molecule has 0 saturated carbocycles. The van der Waals surface area contributed by atoms with Crippen molar-refractivity contribution in [2.75, 3.05) is 13.2 Å². The highest BCUT2D eigenvalue weighted by Crippen LogP contribution is 2.11. The Balaban J connectivity index is 3.97. The molecule has 0 unspecified atom stereocenters. The van der Waals surface area contributed by atoms with E-state index in [4.69, 9.17) is 10.8 Å². The van der Waals surface area contributed by atoms with Gasteiger partial charge in [0, 0.05) is 18.6 Å². The zero-order chi connectivity index (χ0) is 11.4. The lowest BCUT2D eigenvalue weighted by molar-refractivity contribution is -0.123. The van der Waals surface area contributed by atoms with Crippen LogP contribution in [-0.2, 0) is 4.79 Å². The lowest BCUT2D eigenvalue weighted by atomic mass is 9.94. The number of carbonyl (C=O) groups is 1. The second-order valence-corrected chi connectivity index (χ2v) is 4.81. The van der Waals surface area contributed by atoms with Gasteiger partial charge in [0.05, 0.1) is 6.04 Å². The Morgan fingerprint density at radius 2 is 2.00 bits per heavy atom. The van der Waals surface area contributed by atoms with E-state index in [0.29, 0.717) is 6.54 Å². The third kappa shape index (κ3) is 4.58. The van der Waals surface area contributed by atoms with Crippen LogP contribution in [0.3, 0.4) is 0 Å². The topological polar surface area (TPSA) is 75.4 Å². The molecule has 0 aromatic carbocycles. The molecular weight excluding hydrogens is 180 g/mol. The van der Waals surface area contributed by atoms with E-state index in [1.165, 1.54) is 0 Å². The van der Waals surface area contributed by atoms with E-state index in [1.807, 2.05) is 27.7 Å². The number of hydrogen-bond acceptors (Lipinski definition) is 3.